The van der Waals surface area contributed by atoms with Crippen molar-refractivity contribution in [2.24, 2.45) is 0 Å². The summed E-state index contributed by atoms with van der Waals surface area (Å²) in [6.45, 7) is 3.87. The maximum Gasteiger partial charge on any atom is 0.225 e. The van der Waals surface area contributed by atoms with E-state index in [2.05, 4.69) is 45.9 Å². The number of hydrogen-bond acceptors (Lipinski definition) is 10. The Labute approximate surface area is 220 Å². The molecule has 10 heteroatoms. The number of fused-ring (bicyclic) bond motifs is 1. The monoisotopic (exact) mass is 511 g/mol. The lowest BCUT2D eigenvalue weighted by molar-refractivity contribution is 0.356. The largest absolute Gasteiger partial charge is 0.496 e. The van der Waals surface area contributed by atoms with Crippen LogP contribution in [0, 0.1) is 0 Å². The minimum Gasteiger partial charge on any atom is -0.496 e. The molecule has 10 nitrogen and oxygen atoms in total. The first kappa shape index (κ1) is 28.1. The highest BCUT2D eigenvalue weighted by Gasteiger charge is 2.14. The van der Waals surface area contributed by atoms with Crippen LogP contribution in [0.15, 0.2) is 30.3 Å². The summed E-state index contributed by atoms with van der Waals surface area (Å²) >= 11 is 0. The lowest BCUT2D eigenvalue weighted by atomic mass is 10.1. The zero-order valence-electron chi connectivity index (χ0n) is 23.1. The number of nitrogens with zero attached hydrogens (tertiary/aromatic N) is 4. The first-order valence-electron chi connectivity index (χ1n) is 12.5. The van der Waals surface area contributed by atoms with Gasteiger partial charge in [0.1, 0.15) is 11.6 Å². The highest BCUT2D eigenvalue weighted by atomic mass is 16.5. The summed E-state index contributed by atoms with van der Waals surface area (Å²) in [5, 5.41) is 11.2. The molecule has 0 spiro atoms. The van der Waals surface area contributed by atoms with E-state index in [0.29, 0.717) is 30.5 Å². The summed E-state index contributed by atoms with van der Waals surface area (Å²) < 4.78 is 16.6. The van der Waals surface area contributed by atoms with Crippen molar-refractivity contribution in [2.75, 3.05) is 91.2 Å². The third-order valence-corrected chi connectivity index (χ3v) is 5.97. The maximum absolute atomic E-state index is 5.59. The van der Waals surface area contributed by atoms with Crippen molar-refractivity contribution < 1.29 is 14.2 Å². The van der Waals surface area contributed by atoms with Gasteiger partial charge in [-0.2, -0.15) is 4.98 Å². The molecule has 37 heavy (non-hydrogen) atoms. The van der Waals surface area contributed by atoms with Crippen LogP contribution < -0.4 is 35.1 Å². The van der Waals surface area contributed by atoms with E-state index in [9.17, 15) is 0 Å². The molecule has 3 N–H and O–H groups in total. The van der Waals surface area contributed by atoms with Gasteiger partial charge in [-0.3, -0.25) is 0 Å². The molecule has 3 rings (SSSR count). The number of aromatic nitrogens is 2. The molecule has 1 aromatic heterocycles. The van der Waals surface area contributed by atoms with E-state index in [-0.39, 0.29) is 0 Å². The van der Waals surface area contributed by atoms with Crippen molar-refractivity contribution in [1.29, 1.82) is 0 Å². The van der Waals surface area contributed by atoms with Crippen molar-refractivity contribution >= 4 is 28.4 Å². The smallest absolute Gasteiger partial charge is 0.225 e. The zero-order chi connectivity index (χ0) is 26.8. The number of hydrogen-bond donors (Lipinski definition) is 3. The van der Waals surface area contributed by atoms with Gasteiger partial charge in [-0.25, -0.2) is 4.98 Å². The molecule has 1 heterocycles. The second kappa shape index (κ2) is 13.7. The van der Waals surface area contributed by atoms with E-state index in [0.717, 1.165) is 59.8 Å². The maximum atomic E-state index is 5.59. The quantitative estimate of drug-likeness (QED) is 0.264. The molecule has 202 valence electrons. The molecule has 0 aliphatic carbocycles. The Morgan fingerprint density at radius 3 is 2.22 bits per heavy atom. The second-order valence-corrected chi connectivity index (χ2v) is 9.16. The molecule has 0 bridgehead atoms. The van der Waals surface area contributed by atoms with Gasteiger partial charge in [-0.15, -0.1) is 0 Å². The van der Waals surface area contributed by atoms with E-state index in [1.807, 2.05) is 38.4 Å². The Bertz CT molecular complexity index is 1150. The summed E-state index contributed by atoms with van der Waals surface area (Å²) in [6, 6.07) is 9.89. The SMILES string of the molecule is COc1cc2nc(NCCCN(C)C)nc(NCCNCc3c(OC)cccc3N(C)C)c2cc1OC. The van der Waals surface area contributed by atoms with Crippen molar-refractivity contribution in [1.82, 2.24) is 20.2 Å². The average molecular weight is 512 g/mol. The number of benzene rings is 2. The third kappa shape index (κ3) is 7.50. The molecule has 2 aromatic carbocycles. The predicted molar refractivity (Wildman–Crippen MR) is 152 cm³/mol. The van der Waals surface area contributed by atoms with Crippen molar-refractivity contribution in [3.8, 4) is 17.2 Å². The topological polar surface area (TPSA) is 96.0 Å². The first-order valence-corrected chi connectivity index (χ1v) is 12.5. The predicted octanol–water partition coefficient (Wildman–Crippen LogP) is 3.29. The van der Waals surface area contributed by atoms with Gasteiger partial charge in [0.25, 0.3) is 0 Å². The van der Waals surface area contributed by atoms with Crippen LogP contribution in [-0.2, 0) is 6.54 Å². The highest BCUT2D eigenvalue weighted by molar-refractivity contribution is 5.92. The van der Waals surface area contributed by atoms with Gasteiger partial charge in [-0.1, -0.05) is 6.07 Å². The van der Waals surface area contributed by atoms with E-state index in [1.165, 1.54) is 0 Å². The summed E-state index contributed by atoms with van der Waals surface area (Å²) in [4.78, 5) is 13.7. The lowest BCUT2D eigenvalue weighted by Crippen LogP contribution is -2.24. The third-order valence-electron chi connectivity index (χ3n) is 5.97. The molecular weight excluding hydrogens is 470 g/mol. The van der Waals surface area contributed by atoms with Crippen LogP contribution >= 0.6 is 0 Å². The highest BCUT2D eigenvalue weighted by Crippen LogP contribution is 2.34. The van der Waals surface area contributed by atoms with Gasteiger partial charge in [0, 0.05) is 63.0 Å². The summed E-state index contributed by atoms with van der Waals surface area (Å²) in [5.41, 5.74) is 3.04. The van der Waals surface area contributed by atoms with Gasteiger partial charge in [0.15, 0.2) is 11.5 Å². The van der Waals surface area contributed by atoms with Crippen LogP contribution in [0.4, 0.5) is 17.5 Å². The molecule has 0 saturated carbocycles. The molecule has 0 aliphatic heterocycles. The fourth-order valence-corrected chi connectivity index (χ4v) is 4.09. The van der Waals surface area contributed by atoms with Crippen LogP contribution in [-0.4, -0.2) is 90.6 Å². The van der Waals surface area contributed by atoms with Gasteiger partial charge in [0.05, 0.1) is 26.8 Å². The molecule has 0 unspecified atom stereocenters. The van der Waals surface area contributed by atoms with Gasteiger partial charge >= 0.3 is 0 Å². The summed E-state index contributed by atoms with van der Waals surface area (Å²) in [5.74, 6) is 3.47. The Morgan fingerprint density at radius 1 is 0.811 bits per heavy atom. The Hall–Kier alpha value is -3.50. The number of rotatable bonds is 15. The molecule has 0 fully saturated rings. The van der Waals surface area contributed by atoms with Gasteiger partial charge in [0.2, 0.25) is 5.95 Å². The van der Waals surface area contributed by atoms with E-state index in [4.69, 9.17) is 24.2 Å². The van der Waals surface area contributed by atoms with Gasteiger partial charge in [-0.05, 0) is 45.3 Å². The van der Waals surface area contributed by atoms with Crippen LogP contribution in [0.3, 0.4) is 0 Å². The first-order chi connectivity index (χ1) is 17.9. The van der Waals surface area contributed by atoms with Crippen molar-refractivity contribution in [2.45, 2.75) is 13.0 Å². The standard InChI is InChI=1S/C27H41N7O3/c1-33(2)15-9-12-30-27-31-21-17-25(37-7)24(36-6)16-19(21)26(32-27)29-14-13-28-18-20-22(34(3)4)10-8-11-23(20)35-5/h8,10-11,16-17,28H,9,12-15,18H2,1-7H3,(H2,29,30,31,32). The Kier molecular flexibility index (Phi) is 10.4. The number of nitrogens with one attached hydrogen (secondary N) is 3. The number of methoxy groups -OCH3 is 3. The lowest BCUT2D eigenvalue weighted by Gasteiger charge is -2.20. The summed E-state index contributed by atoms with van der Waals surface area (Å²) in [7, 11) is 13.2. The Balaban J connectivity index is 1.73. The number of ether oxygens (including phenoxy) is 3. The van der Waals surface area contributed by atoms with Crippen LogP contribution in [0.25, 0.3) is 10.9 Å². The van der Waals surface area contributed by atoms with E-state index >= 15 is 0 Å². The Morgan fingerprint density at radius 2 is 1.54 bits per heavy atom. The minimum absolute atomic E-state index is 0.582. The van der Waals surface area contributed by atoms with E-state index < -0.39 is 0 Å². The molecule has 0 radical (unpaired) electrons. The molecular formula is C27H41N7O3. The second-order valence-electron chi connectivity index (χ2n) is 9.16. The van der Waals surface area contributed by atoms with Crippen molar-refractivity contribution in [3.05, 3.63) is 35.9 Å². The zero-order valence-corrected chi connectivity index (χ0v) is 23.1. The molecule has 0 saturated heterocycles. The number of anilines is 3. The van der Waals surface area contributed by atoms with Crippen molar-refractivity contribution in [3.63, 3.8) is 0 Å². The minimum atomic E-state index is 0.582. The van der Waals surface area contributed by atoms with Crippen LogP contribution in [0.1, 0.15) is 12.0 Å². The molecule has 0 aliphatic rings. The average Bonchev–Trinajstić information content (AvgIpc) is 2.89. The molecule has 3 aromatic rings. The molecule has 0 amide bonds. The fraction of sp³-hybridized carbons (Fsp3) is 0.481. The van der Waals surface area contributed by atoms with Gasteiger partial charge < -0.3 is 40.0 Å². The normalized spacial score (nSPS) is 11.0. The molecule has 0 atom stereocenters. The fourth-order valence-electron chi connectivity index (χ4n) is 4.09. The van der Waals surface area contributed by atoms with Crippen LogP contribution in [0.5, 0.6) is 17.2 Å². The summed E-state index contributed by atoms with van der Waals surface area (Å²) in [6.07, 6.45) is 0.991. The van der Waals surface area contributed by atoms with E-state index in [1.54, 1.807) is 21.3 Å². The van der Waals surface area contributed by atoms with Crippen LogP contribution in [0.2, 0.25) is 0 Å².